The van der Waals surface area contributed by atoms with Crippen molar-refractivity contribution >= 4 is 12.0 Å². The van der Waals surface area contributed by atoms with Crippen molar-refractivity contribution in [2.24, 2.45) is 0 Å². The number of piperidine rings is 1. The molecule has 2 N–H and O–H groups in total. The predicted molar refractivity (Wildman–Crippen MR) is 78.7 cm³/mol. The Bertz CT molecular complexity index is 425. The standard InChI is InChI=1S/C14H23N5O/c1-3-11(2)17-14(20)18-12-6-4-9-19(10-12)13-15-7-5-8-16-13/h5,7-8,11-12H,3-4,6,9-10H2,1-2H3,(H2,17,18,20). The van der Waals surface area contributed by atoms with Gasteiger partial charge in [0.2, 0.25) is 5.95 Å². The zero-order valence-electron chi connectivity index (χ0n) is 12.2. The Hall–Kier alpha value is -1.85. The van der Waals surface area contributed by atoms with Gasteiger partial charge < -0.3 is 15.5 Å². The Balaban J connectivity index is 1.86. The third-order valence-corrected chi connectivity index (χ3v) is 3.58. The molecule has 6 heteroatoms. The van der Waals surface area contributed by atoms with Gasteiger partial charge in [0.1, 0.15) is 0 Å². The van der Waals surface area contributed by atoms with Crippen molar-refractivity contribution in [1.29, 1.82) is 0 Å². The molecular weight excluding hydrogens is 254 g/mol. The molecular formula is C14H23N5O. The van der Waals surface area contributed by atoms with E-state index in [1.165, 1.54) is 0 Å². The smallest absolute Gasteiger partial charge is 0.315 e. The van der Waals surface area contributed by atoms with Gasteiger partial charge in [0.15, 0.2) is 0 Å². The number of anilines is 1. The largest absolute Gasteiger partial charge is 0.339 e. The van der Waals surface area contributed by atoms with E-state index in [0.29, 0.717) is 0 Å². The number of carbonyl (C=O) groups excluding carboxylic acids is 1. The van der Waals surface area contributed by atoms with Crippen LogP contribution in [0.1, 0.15) is 33.1 Å². The van der Waals surface area contributed by atoms with Crippen molar-refractivity contribution in [3.63, 3.8) is 0 Å². The molecule has 0 saturated carbocycles. The molecule has 6 nitrogen and oxygen atoms in total. The molecule has 1 fully saturated rings. The number of hydrogen-bond acceptors (Lipinski definition) is 4. The molecule has 1 aromatic rings. The van der Waals surface area contributed by atoms with E-state index < -0.39 is 0 Å². The van der Waals surface area contributed by atoms with Gasteiger partial charge >= 0.3 is 6.03 Å². The Kier molecular flexibility index (Phi) is 5.15. The first-order chi connectivity index (χ1) is 9.69. The molecule has 0 aromatic carbocycles. The molecule has 1 saturated heterocycles. The second-order valence-corrected chi connectivity index (χ2v) is 5.26. The van der Waals surface area contributed by atoms with Crippen LogP contribution in [0.2, 0.25) is 0 Å². The van der Waals surface area contributed by atoms with Crippen molar-refractivity contribution in [1.82, 2.24) is 20.6 Å². The Morgan fingerprint density at radius 2 is 2.25 bits per heavy atom. The molecule has 2 unspecified atom stereocenters. The number of aromatic nitrogens is 2. The van der Waals surface area contributed by atoms with Crippen LogP contribution in [-0.4, -0.2) is 41.2 Å². The minimum absolute atomic E-state index is 0.0832. The van der Waals surface area contributed by atoms with Crippen molar-refractivity contribution in [3.05, 3.63) is 18.5 Å². The number of amides is 2. The topological polar surface area (TPSA) is 70.2 Å². The molecule has 0 bridgehead atoms. The lowest BCUT2D eigenvalue weighted by atomic mass is 10.1. The third kappa shape index (κ3) is 4.08. The maximum absolute atomic E-state index is 11.9. The van der Waals surface area contributed by atoms with E-state index in [9.17, 15) is 4.79 Å². The SMILES string of the molecule is CCC(C)NC(=O)NC1CCCN(c2ncccn2)C1. The summed E-state index contributed by atoms with van der Waals surface area (Å²) in [5.41, 5.74) is 0. The molecule has 2 rings (SSSR count). The van der Waals surface area contributed by atoms with Crippen molar-refractivity contribution in [2.45, 2.75) is 45.2 Å². The summed E-state index contributed by atoms with van der Waals surface area (Å²) in [5.74, 6) is 0.737. The lowest BCUT2D eigenvalue weighted by molar-refractivity contribution is 0.231. The van der Waals surface area contributed by atoms with Crippen molar-refractivity contribution in [3.8, 4) is 0 Å². The fraction of sp³-hybridized carbons (Fsp3) is 0.643. The zero-order chi connectivity index (χ0) is 14.4. The number of hydrogen-bond donors (Lipinski definition) is 2. The fourth-order valence-corrected chi connectivity index (χ4v) is 2.28. The van der Waals surface area contributed by atoms with Gasteiger partial charge in [-0.2, -0.15) is 0 Å². The summed E-state index contributed by atoms with van der Waals surface area (Å²) < 4.78 is 0. The highest BCUT2D eigenvalue weighted by Crippen LogP contribution is 2.15. The molecule has 1 aliphatic heterocycles. The second kappa shape index (κ2) is 7.07. The van der Waals surface area contributed by atoms with E-state index in [4.69, 9.17) is 0 Å². The van der Waals surface area contributed by atoms with Gasteiger partial charge in [-0.3, -0.25) is 0 Å². The molecule has 1 aromatic heterocycles. The molecule has 0 radical (unpaired) electrons. The van der Waals surface area contributed by atoms with Crippen LogP contribution in [0.5, 0.6) is 0 Å². The van der Waals surface area contributed by atoms with Gasteiger partial charge in [-0.05, 0) is 32.3 Å². The Morgan fingerprint density at radius 1 is 1.50 bits per heavy atom. The highest BCUT2D eigenvalue weighted by Gasteiger charge is 2.23. The quantitative estimate of drug-likeness (QED) is 0.876. The van der Waals surface area contributed by atoms with E-state index in [-0.39, 0.29) is 18.1 Å². The van der Waals surface area contributed by atoms with Crippen LogP contribution in [0.4, 0.5) is 10.7 Å². The third-order valence-electron chi connectivity index (χ3n) is 3.58. The number of nitrogens with zero attached hydrogens (tertiary/aromatic N) is 3. The number of rotatable bonds is 4. The molecule has 110 valence electrons. The van der Waals surface area contributed by atoms with Crippen LogP contribution >= 0.6 is 0 Å². The molecule has 2 heterocycles. The van der Waals surface area contributed by atoms with Crippen LogP contribution in [0.3, 0.4) is 0 Å². The van der Waals surface area contributed by atoms with Crippen LogP contribution in [0.25, 0.3) is 0 Å². The number of urea groups is 1. The second-order valence-electron chi connectivity index (χ2n) is 5.26. The summed E-state index contributed by atoms with van der Waals surface area (Å²) in [4.78, 5) is 22.5. The average Bonchev–Trinajstić information content (AvgIpc) is 2.48. The lowest BCUT2D eigenvalue weighted by Gasteiger charge is -2.33. The van der Waals surface area contributed by atoms with Crippen LogP contribution in [0.15, 0.2) is 18.5 Å². The molecule has 2 atom stereocenters. The van der Waals surface area contributed by atoms with Gasteiger partial charge in [0.25, 0.3) is 0 Å². The highest BCUT2D eigenvalue weighted by molar-refractivity contribution is 5.74. The van der Waals surface area contributed by atoms with Crippen LogP contribution in [-0.2, 0) is 0 Å². The summed E-state index contributed by atoms with van der Waals surface area (Å²) in [5, 5.41) is 5.97. The Morgan fingerprint density at radius 3 is 2.95 bits per heavy atom. The maximum atomic E-state index is 11.9. The van der Waals surface area contributed by atoms with Crippen molar-refractivity contribution < 1.29 is 4.79 Å². The summed E-state index contributed by atoms with van der Waals surface area (Å²) in [6.07, 6.45) is 6.45. The van der Waals surface area contributed by atoms with Crippen LogP contribution < -0.4 is 15.5 Å². The van der Waals surface area contributed by atoms with E-state index >= 15 is 0 Å². The molecule has 20 heavy (non-hydrogen) atoms. The van der Waals surface area contributed by atoms with E-state index in [0.717, 1.165) is 38.3 Å². The summed E-state index contributed by atoms with van der Waals surface area (Å²) >= 11 is 0. The molecule has 1 aliphatic rings. The normalized spacial score (nSPS) is 20.3. The first-order valence-corrected chi connectivity index (χ1v) is 7.28. The minimum atomic E-state index is -0.0832. The average molecular weight is 277 g/mol. The number of carbonyl (C=O) groups is 1. The fourth-order valence-electron chi connectivity index (χ4n) is 2.28. The van der Waals surface area contributed by atoms with Gasteiger partial charge in [0.05, 0.1) is 0 Å². The first kappa shape index (κ1) is 14.6. The molecule has 0 aliphatic carbocycles. The maximum Gasteiger partial charge on any atom is 0.315 e. The monoisotopic (exact) mass is 277 g/mol. The first-order valence-electron chi connectivity index (χ1n) is 7.28. The van der Waals surface area contributed by atoms with E-state index in [1.807, 2.05) is 13.0 Å². The van der Waals surface area contributed by atoms with E-state index in [2.05, 4.69) is 32.4 Å². The van der Waals surface area contributed by atoms with Crippen LogP contribution in [0, 0.1) is 0 Å². The lowest BCUT2D eigenvalue weighted by Crippen LogP contribution is -2.52. The highest BCUT2D eigenvalue weighted by atomic mass is 16.2. The Labute approximate surface area is 120 Å². The van der Waals surface area contributed by atoms with E-state index in [1.54, 1.807) is 12.4 Å². The summed E-state index contributed by atoms with van der Waals surface area (Å²) in [7, 11) is 0. The summed E-state index contributed by atoms with van der Waals surface area (Å²) in [6.45, 7) is 5.76. The van der Waals surface area contributed by atoms with Crippen molar-refractivity contribution in [2.75, 3.05) is 18.0 Å². The van der Waals surface area contributed by atoms with Gasteiger partial charge in [-0.15, -0.1) is 0 Å². The molecule has 0 spiro atoms. The molecule has 2 amide bonds. The minimum Gasteiger partial charge on any atom is -0.339 e. The van der Waals surface area contributed by atoms with Gasteiger partial charge in [-0.25, -0.2) is 14.8 Å². The van der Waals surface area contributed by atoms with Gasteiger partial charge in [0, 0.05) is 37.6 Å². The predicted octanol–water partition coefficient (Wildman–Crippen LogP) is 1.54. The zero-order valence-corrected chi connectivity index (χ0v) is 12.2. The van der Waals surface area contributed by atoms with Gasteiger partial charge in [-0.1, -0.05) is 6.92 Å². The number of nitrogens with one attached hydrogen (secondary N) is 2. The summed E-state index contributed by atoms with van der Waals surface area (Å²) in [6, 6.07) is 2.08.